The second kappa shape index (κ2) is 6.15. The second-order valence-corrected chi connectivity index (χ2v) is 4.94. The fraction of sp³-hybridized carbons (Fsp3) is 0.727. The van der Waals surface area contributed by atoms with Crippen molar-refractivity contribution >= 4 is 23.5 Å². The van der Waals surface area contributed by atoms with Crippen LogP contribution in [-0.4, -0.2) is 60.1 Å². The summed E-state index contributed by atoms with van der Waals surface area (Å²) in [6.07, 6.45) is 2.62. The van der Waals surface area contributed by atoms with Crippen LogP contribution in [0.2, 0.25) is 5.28 Å². The van der Waals surface area contributed by atoms with Gasteiger partial charge in [-0.3, -0.25) is 0 Å². The minimum Gasteiger partial charge on any atom is -0.353 e. The number of nitrogens with one attached hydrogen (secondary N) is 1. The molecule has 1 aromatic rings. The molecule has 1 aliphatic heterocycles. The molecule has 7 heteroatoms. The molecule has 0 atom stereocenters. The lowest BCUT2D eigenvalue weighted by Gasteiger charge is -2.15. The van der Waals surface area contributed by atoms with Gasteiger partial charge >= 0.3 is 0 Å². The standard InChI is InChI=1S/C11H19ClN6/c1-17(2)11-15-9(12)14-10(16-11)13-5-8-18-6-3-4-7-18/h3-8H2,1-2H3,(H,13,14,15,16). The molecule has 2 heterocycles. The van der Waals surface area contributed by atoms with Crippen LogP contribution in [0.15, 0.2) is 0 Å². The number of aromatic nitrogens is 3. The van der Waals surface area contributed by atoms with Gasteiger partial charge in [0.2, 0.25) is 17.2 Å². The summed E-state index contributed by atoms with van der Waals surface area (Å²) in [4.78, 5) is 16.6. The van der Waals surface area contributed by atoms with Gasteiger partial charge < -0.3 is 15.1 Å². The van der Waals surface area contributed by atoms with Crippen molar-refractivity contribution in [2.45, 2.75) is 12.8 Å². The van der Waals surface area contributed by atoms with Crippen molar-refractivity contribution in [2.75, 3.05) is 50.5 Å². The van der Waals surface area contributed by atoms with Crippen molar-refractivity contribution in [1.29, 1.82) is 0 Å². The molecule has 18 heavy (non-hydrogen) atoms. The van der Waals surface area contributed by atoms with Crippen molar-refractivity contribution in [2.24, 2.45) is 0 Å². The van der Waals surface area contributed by atoms with E-state index in [9.17, 15) is 0 Å². The molecule has 1 fully saturated rings. The summed E-state index contributed by atoms with van der Waals surface area (Å²) >= 11 is 5.86. The molecular weight excluding hydrogens is 252 g/mol. The molecule has 0 aromatic carbocycles. The van der Waals surface area contributed by atoms with E-state index in [1.807, 2.05) is 14.1 Å². The quantitative estimate of drug-likeness (QED) is 0.865. The largest absolute Gasteiger partial charge is 0.353 e. The zero-order chi connectivity index (χ0) is 13.0. The van der Waals surface area contributed by atoms with Crippen LogP contribution in [-0.2, 0) is 0 Å². The van der Waals surface area contributed by atoms with Gasteiger partial charge in [0.1, 0.15) is 0 Å². The molecule has 1 saturated heterocycles. The van der Waals surface area contributed by atoms with E-state index in [2.05, 4.69) is 25.2 Å². The van der Waals surface area contributed by atoms with Crippen molar-refractivity contribution < 1.29 is 0 Å². The molecule has 0 bridgehead atoms. The molecule has 1 aliphatic rings. The fourth-order valence-electron chi connectivity index (χ4n) is 1.95. The van der Waals surface area contributed by atoms with Gasteiger partial charge in [0, 0.05) is 27.2 Å². The predicted molar refractivity (Wildman–Crippen MR) is 73.3 cm³/mol. The van der Waals surface area contributed by atoms with E-state index in [4.69, 9.17) is 11.6 Å². The molecule has 100 valence electrons. The SMILES string of the molecule is CN(C)c1nc(Cl)nc(NCCN2CCCC2)n1. The van der Waals surface area contributed by atoms with Crippen molar-refractivity contribution in [3.8, 4) is 0 Å². The van der Waals surface area contributed by atoms with E-state index in [1.54, 1.807) is 4.90 Å². The maximum Gasteiger partial charge on any atom is 0.230 e. The van der Waals surface area contributed by atoms with Crippen LogP contribution >= 0.6 is 11.6 Å². The summed E-state index contributed by atoms with van der Waals surface area (Å²) in [6, 6.07) is 0. The molecule has 1 N–H and O–H groups in total. The van der Waals surface area contributed by atoms with E-state index in [0.29, 0.717) is 11.9 Å². The minimum absolute atomic E-state index is 0.220. The van der Waals surface area contributed by atoms with Gasteiger partial charge in [-0.25, -0.2) is 0 Å². The maximum absolute atomic E-state index is 5.86. The number of halogens is 1. The third-order valence-corrected chi connectivity index (χ3v) is 3.08. The molecule has 0 aliphatic carbocycles. The zero-order valence-corrected chi connectivity index (χ0v) is 11.6. The highest BCUT2D eigenvalue weighted by atomic mass is 35.5. The Balaban J connectivity index is 1.88. The number of hydrogen-bond donors (Lipinski definition) is 1. The van der Waals surface area contributed by atoms with E-state index in [1.165, 1.54) is 25.9 Å². The topological polar surface area (TPSA) is 57.2 Å². The summed E-state index contributed by atoms with van der Waals surface area (Å²) in [5.74, 6) is 1.11. The Labute approximate surface area is 112 Å². The maximum atomic E-state index is 5.86. The summed E-state index contributed by atoms with van der Waals surface area (Å²) in [6.45, 7) is 4.24. The van der Waals surface area contributed by atoms with Gasteiger partial charge in [-0.05, 0) is 37.5 Å². The predicted octanol–water partition coefficient (Wildman–Crippen LogP) is 1.10. The first kappa shape index (κ1) is 13.3. The smallest absolute Gasteiger partial charge is 0.230 e. The molecule has 1 aromatic heterocycles. The zero-order valence-electron chi connectivity index (χ0n) is 10.9. The van der Waals surface area contributed by atoms with E-state index in [0.717, 1.165) is 13.1 Å². The summed E-state index contributed by atoms with van der Waals surface area (Å²) in [5.41, 5.74) is 0. The number of nitrogens with zero attached hydrogens (tertiary/aromatic N) is 5. The van der Waals surface area contributed by atoms with Gasteiger partial charge in [-0.1, -0.05) is 0 Å². The lowest BCUT2D eigenvalue weighted by Crippen LogP contribution is -2.26. The summed E-state index contributed by atoms with van der Waals surface area (Å²) in [7, 11) is 3.75. The van der Waals surface area contributed by atoms with Crippen molar-refractivity contribution in [1.82, 2.24) is 19.9 Å². The Morgan fingerprint density at radius 3 is 2.61 bits per heavy atom. The number of anilines is 2. The molecule has 0 saturated carbocycles. The second-order valence-electron chi connectivity index (χ2n) is 4.60. The normalized spacial score (nSPS) is 15.9. The lowest BCUT2D eigenvalue weighted by molar-refractivity contribution is 0.352. The first-order valence-corrected chi connectivity index (χ1v) is 6.58. The van der Waals surface area contributed by atoms with Crippen LogP contribution in [0.1, 0.15) is 12.8 Å². The van der Waals surface area contributed by atoms with Crippen LogP contribution in [0.3, 0.4) is 0 Å². The Morgan fingerprint density at radius 2 is 1.94 bits per heavy atom. The van der Waals surface area contributed by atoms with E-state index >= 15 is 0 Å². The van der Waals surface area contributed by atoms with Gasteiger partial charge in [-0.15, -0.1) is 0 Å². The highest BCUT2D eigenvalue weighted by molar-refractivity contribution is 6.28. The van der Waals surface area contributed by atoms with Crippen LogP contribution in [0.5, 0.6) is 0 Å². The Morgan fingerprint density at radius 1 is 1.22 bits per heavy atom. The number of rotatable bonds is 5. The third kappa shape index (κ3) is 3.68. The Bertz CT molecular complexity index is 391. The highest BCUT2D eigenvalue weighted by Crippen LogP contribution is 2.11. The molecule has 0 radical (unpaired) electrons. The summed E-state index contributed by atoms with van der Waals surface area (Å²) in [5, 5.41) is 3.41. The molecule has 2 rings (SSSR count). The lowest BCUT2D eigenvalue weighted by atomic mass is 10.4. The van der Waals surface area contributed by atoms with Crippen LogP contribution < -0.4 is 10.2 Å². The van der Waals surface area contributed by atoms with E-state index < -0.39 is 0 Å². The number of likely N-dealkylation sites (tertiary alicyclic amines) is 1. The summed E-state index contributed by atoms with van der Waals surface area (Å²) < 4.78 is 0. The van der Waals surface area contributed by atoms with Gasteiger partial charge in [0.15, 0.2) is 0 Å². The number of hydrogen-bond acceptors (Lipinski definition) is 6. The first-order valence-electron chi connectivity index (χ1n) is 6.20. The first-order chi connectivity index (χ1) is 8.65. The monoisotopic (exact) mass is 270 g/mol. The molecular formula is C11H19ClN6. The average Bonchev–Trinajstić information content (AvgIpc) is 2.81. The average molecular weight is 271 g/mol. The molecule has 0 spiro atoms. The molecule has 0 amide bonds. The van der Waals surface area contributed by atoms with Crippen molar-refractivity contribution in [3.63, 3.8) is 0 Å². The van der Waals surface area contributed by atoms with Gasteiger partial charge in [0.05, 0.1) is 0 Å². The van der Waals surface area contributed by atoms with Crippen LogP contribution in [0.25, 0.3) is 0 Å². The highest BCUT2D eigenvalue weighted by Gasteiger charge is 2.11. The molecule has 0 unspecified atom stereocenters. The fourth-order valence-corrected chi connectivity index (χ4v) is 2.11. The van der Waals surface area contributed by atoms with Gasteiger partial charge in [0.25, 0.3) is 0 Å². The Hall–Kier alpha value is -1.14. The van der Waals surface area contributed by atoms with E-state index in [-0.39, 0.29) is 5.28 Å². The van der Waals surface area contributed by atoms with Crippen LogP contribution in [0.4, 0.5) is 11.9 Å². The van der Waals surface area contributed by atoms with Gasteiger partial charge in [-0.2, -0.15) is 15.0 Å². The van der Waals surface area contributed by atoms with Crippen molar-refractivity contribution in [3.05, 3.63) is 5.28 Å². The third-order valence-electron chi connectivity index (χ3n) is 2.91. The minimum atomic E-state index is 0.220. The molecule has 6 nitrogen and oxygen atoms in total. The Kier molecular flexibility index (Phi) is 4.54. The van der Waals surface area contributed by atoms with Crippen LogP contribution in [0, 0.1) is 0 Å².